The molecule has 0 bridgehead atoms. The van der Waals surface area contributed by atoms with E-state index in [2.05, 4.69) is 26.0 Å². The fourth-order valence-corrected chi connectivity index (χ4v) is 4.99. The van der Waals surface area contributed by atoms with Gasteiger partial charge in [-0.05, 0) is 38.5 Å². The molecule has 0 radical (unpaired) electrons. The van der Waals surface area contributed by atoms with Crippen LogP contribution in [0, 0.1) is 0 Å². The molecule has 0 unspecified atom stereocenters. The van der Waals surface area contributed by atoms with E-state index in [1.54, 1.807) is 0 Å². The van der Waals surface area contributed by atoms with Crippen LogP contribution in [0.2, 0.25) is 0 Å². The molecule has 3 N–H and O–H groups in total. The first kappa shape index (κ1) is 49.2. The molecule has 42 heavy (non-hydrogen) atoms. The van der Waals surface area contributed by atoms with Gasteiger partial charge in [0.15, 0.2) is 0 Å². The average Bonchev–Trinajstić information content (AvgIpc) is 2.93. The van der Waals surface area contributed by atoms with Crippen LogP contribution in [0.25, 0.3) is 0 Å². The summed E-state index contributed by atoms with van der Waals surface area (Å²) >= 11 is 0. The van der Waals surface area contributed by atoms with E-state index in [1.165, 1.54) is 154 Å². The molecule has 0 aromatic heterocycles. The molecule has 0 aromatic carbocycles. The SMILES string of the molecule is CCCCCCCC/C=C\CCCCCCCC(=O)O.CCCCCCCCCCCCCCCCCC(=O)O.[K+].[OH-]. The number of rotatable bonds is 31. The van der Waals surface area contributed by atoms with E-state index in [9.17, 15) is 9.59 Å². The van der Waals surface area contributed by atoms with Gasteiger partial charge in [-0.1, -0.05) is 167 Å². The Labute approximate surface area is 304 Å². The number of hydrogen-bond acceptors (Lipinski definition) is 3. The monoisotopic (exact) mass is 622 g/mol. The topological polar surface area (TPSA) is 105 Å². The first-order valence-electron chi connectivity index (χ1n) is 17.6. The molecule has 0 aliphatic heterocycles. The van der Waals surface area contributed by atoms with Gasteiger partial charge in [0.2, 0.25) is 0 Å². The molecule has 0 atom stereocenters. The summed E-state index contributed by atoms with van der Waals surface area (Å²) in [6, 6.07) is 0. The van der Waals surface area contributed by atoms with Gasteiger partial charge in [0.1, 0.15) is 0 Å². The fraction of sp³-hybridized carbons (Fsp3) is 0.889. The predicted molar refractivity (Wildman–Crippen MR) is 176 cm³/mol. The predicted octanol–water partition coefficient (Wildman–Crippen LogP) is 9.27. The van der Waals surface area contributed by atoms with Crippen LogP contribution in [0.1, 0.15) is 206 Å². The van der Waals surface area contributed by atoms with Gasteiger partial charge in [-0.15, -0.1) is 0 Å². The molecule has 0 saturated heterocycles. The third-order valence-electron chi connectivity index (χ3n) is 7.65. The van der Waals surface area contributed by atoms with E-state index >= 15 is 0 Å². The molecule has 0 rings (SSSR count). The van der Waals surface area contributed by atoms with E-state index in [-0.39, 0.29) is 56.9 Å². The van der Waals surface area contributed by atoms with Crippen LogP contribution in [-0.4, -0.2) is 27.6 Å². The van der Waals surface area contributed by atoms with Crippen LogP contribution in [0.5, 0.6) is 0 Å². The van der Waals surface area contributed by atoms with Gasteiger partial charge in [-0.3, -0.25) is 9.59 Å². The molecular weight excluding hydrogens is 551 g/mol. The summed E-state index contributed by atoms with van der Waals surface area (Å²) in [6.07, 6.45) is 41.4. The van der Waals surface area contributed by atoms with Crippen LogP contribution < -0.4 is 51.4 Å². The number of aliphatic carboxylic acids is 2. The molecule has 0 aliphatic rings. The Balaban J connectivity index is -0.000000328. The molecule has 5 nitrogen and oxygen atoms in total. The van der Waals surface area contributed by atoms with E-state index in [1.807, 2.05) is 0 Å². The Bertz CT molecular complexity index is 539. The van der Waals surface area contributed by atoms with Crippen LogP contribution in [0.4, 0.5) is 0 Å². The molecule has 0 spiro atoms. The number of allylic oxidation sites excluding steroid dienone is 2. The number of carboxylic acid groups (broad SMARTS) is 2. The van der Waals surface area contributed by atoms with Gasteiger partial charge in [0.25, 0.3) is 0 Å². The van der Waals surface area contributed by atoms with Gasteiger partial charge in [0.05, 0.1) is 0 Å². The summed E-state index contributed by atoms with van der Waals surface area (Å²) in [5, 5.41) is 17.0. The van der Waals surface area contributed by atoms with E-state index in [0.29, 0.717) is 12.8 Å². The summed E-state index contributed by atoms with van der Waals surface area (Å²) in [5.74, 6) is -1.32. The zero-order valence-corrected chi connectivity index (χ0v) is 31.6. The minimum absolute atomic E-state index is 0. The van der Waals surface area contributed by atoms with Crippen molar-refractivity contribution in [2.75, 3.05) is 0 Å². The van der Waals surface area contributed by atoms with Crippen molar-refractivity contribution < 1.29 is 76.7 Å². The number of unbranched alkanes of at least 4 members (excludes halogenated alkanes) is 25. The second-order valence-electron chi connectivity index (χ2n) is 11.8. The largest absolute Gasteiger partial charge is 1.00 e. The molecular formula is C36H71KO5. The van der Waals surface area contributed by atoms with Crippen molar-refractivity contribution >= 4 is 11.9 Å². The van der Waals surface area contributed by atoms with Gasteiger partial charge >= 0.3 is 63.3 Å². The third kappa shape index (κ3) is 52.9. The van der Waals surface area contributed by atoms with Crippen LogP contribution in [-0.2, 0) is 9.59 Å². The van der Waals surface area contributed by atoms with E-state index in [4.69, 9.17) is 10.2 Å². The second kappa shape index (κ2) is 45.7. The van der Waals surface area contributed by atoms with Crippen molar-refractivity contribution in [3.05, 3.63) is 12.2 Å². The summed E-state index contributed by atoms with van der Waals surface area (Å²) in [7, 11) is 0. The first-order valence-corrected chi connectivity index (χ1v) is 17.6. The Hall–Kier alpha value is 0.276. The Morgan fingerprint density at radius 1 is 0.405 bits per heavy atom. The summed E-state index contributed by atoms with van der Waals surface area (Å²) in [6.45, 7) is 4.53. The average molecular weight is 623 g/mol. The molecule has 0 aromatic rings. The summed E-state index contributed by atoms with van der Waals surface area (Å²) in [5.41, 5.74) is 0. The van der Waals surface area contributed by atoms with Crippen molar-refractivity contribution in [2.45, 2.75) is 206 Å². The second-order valence-corrected chi connectivity index (χ2v) is 11.8. The first-order chi connectivity index (χ1) is 19.5. The summed E-state index contributed by atoms with van der Waals surface area (Å²) in [4.78, 5) is 20.7. The van der Waals surface area contributed by atoms with Crippen LogP contribution in [0.15, 0.2) is 12.2 Å². The minimum atomic E-state index is -0.664. The van der Waals surface area contributed by atoms with Crippen molar-refractivity contribution in [1.29, 1.82) is 0 Å². The third-order valence-corrected chi connectivity index (χ3v) is 7.65. The summed E-state index contributed by atoms with van der Waals surface area (Å²) < 4.78 is 0. The van der Waals surface area contributed by atoms with Crippen molar-refractivity contribution in [1.82, 2.24) is 0 Å². The normalized spacial score (nSPS) is 10.5. The van der Waals surface area contributed by atoms with Crippen molar-refractivity contribution in [3.63, 3.8) is 0 Å². The molecule has 0 heterocycles. The number of carbonyl (C=O) groups is 2. The van der Waals surface area contributed by atoms with E-state index in [0.717, 1.165) is 25.7 Å². The molecule has 0 saturated carbocycles. The number of carboxylic acids is 2. The van der Waals surface area contributed by atoms with Crippen LogP contribution >= 0.6 is 0 Å². The maximum Gasteiger partial charge on any atom is 1.00 e. The zero-order valence-electron chi connectivity index (χ0n) is 28.5. The molecule has 246 valence electrons. The van der Waals surface area contributed by atoms with Gasteiger partial charge in [-0.25, -0.2) is 0 Å². The zero-order chi connectivity index (χ0) is 29.8. The van der Waals surface area contributed by atoms with Gasteiger partial charge < -0.3 is 15.7 Å². The maximum absolute atomic E-state index is 10.3. The number of hydrogen-bond donors (Lipinski definition) is 2. The smallest absolute Gasteiger partial charge is 0.870 e. The Morgan fingerprint density at radius 2 is 0.619 bits per heavy atom. The van der Waals surface area contributed by atoms with E-state index < -0.39 is 11.9 Å². The minimum Gasteiger partial charge on any atom is -0.870 e. The van der Waals surface area contributed by atoms with Gasteiger partial charge in [0, 0.05) is 12.8 Å². The quantitative estimate of drug-likeness (QED) is 0.0455. The van der Waals surface area contributed by atoms with Gasteiger partial charge in [-0.2, -0.15) is 0 Å². The maximum atomic E-state index is 10.3. The van der Waals surface area contributed by atoms with Crippen molar-refractivity contribution in [2.24, 2.45) is 0 Å². The van der Waals surface area contributed by atoms with Crippen LogP contribution in [0.3, 0.4) is 0 Å². The molecule has 0 aliphatic carbocycles. The molecule has 0 amide bonds. The Kier molecular flexibility index (Phi) is 53.5. The Morgan fingerprint density at radius 3 is 0.857 bits per heavy atom. The standard InChI is InChI=1S/C18H36O2.C18H34O2.K.H2O/c2*1-2-3-4-5-6-7-8-9-10-11-12-13-14-15-16-17-18(19)20;;/h2-17H2,1H3,(H,19,20);9-10H,2-8,11-17H2,1H3,(H,19,20);;1H2/q;;+1;/p-1/b;10-9-;;. The fourth-order valence-electron chi connectivity index (χ4n) is 4.99. The molecule has 0 fully saturated rings. The van der Waals surface area contributed by atoms with Crippen molar-refractivity contribution in [3.8, 4) is 0 Å². The molecule has 6 heteroatoms.